The van der Waals surface area contributed by atoms with Crippen molar-refractivity contribution in [3.8, 4) is 0 Å². The highest BCUT2D eigenvalue weighted by atomic mass is 35.5. The summed E-state index contributed by atoms with van der Waals surface area (Å²) in [5.74, 6) is 0.274. The van der Waals surface area contributed by atoms with Gasteiger partial charge in [0.25, 0.3) is 5.91 Å². The molecule has 1 fully saturated rings. The monoisotopic (exact) mass is 422 g/mol. The number of halogens is 2. The van der Waals surface area contributed by atoms with Gasteiger partial charge in [0.2, 0.25) is 5.91 Å². The van der Waals surface area contributed by atoms with E-state index in [2.05, 4.69) is 0 Å². The Kier molecular flexibility index (Phi) is 6.68. The molecule has 2 N–H and O–H groups in total. The molecule has 0 aromatic heterocycles. The van der Waals surface area contributed by atoms with Crippen molar-refractivity contribution in [3.05, 3.63) is 63.6 Å². The van der Waals surface area contributed by atoms with E-state index in [1.54, 1.807) is 28.8 Å². The topological polar surface area (TPSA) is 63.4 Å². The third-order valence-electron chi connectivity index (χ3n) is 4.65. The van der Waals surface area contributed by atoms with E-state index in [0.29, 0.717) is 47.3 Å². The molecule has 2 amide bonds. The van der Waals surface area contributed by atoms with Gasteiger partial charge in [-0.05, 0) is 48.7 Å². The zero-order valence-corrected chi connectivity index (χ0v) is 17.0. The summed E-state index contributed by atoms with van der Waals surface area (Å²) in [4.78, 5) is 26.7. The molecule has 1 aliphatic rings. The van der Waals surface area contributed by atoms with E-state index in [1.807, 2.05) is 30.3 Å². The van der Waals surface area contributed by atoms with Crippen LogP contribution in [-0.4, -0.2) is 29.8 Å². The number of hydrogen-bond acceptors (Lipinski definition) is 3. The first-order chi connectivity index (χ1) is 12.9. The summed E-state index contributed by atoms with van der Waals surface area (Å²) < 4.78 is 0. The van der Waals surface area contributed by atoms with Crippen LogP contribution in [0, 0.1) is 5.92 Å². The number of benzene rings is 2. The van der Waals surface area contributed by atoms with E-state index in [9.17, 15) is 9.59 Å². The molecule has 0 atom stereocenters. The number of likely N-dealkylation sites (tertiary alicyclic amines) is 1. The van der Waals surface area contributed by atoms with Crippen molar-refractivity contribution in [1.82, 2.24) is 4.90 Å². The normalized spacial score (nSPS) is 15.0. The zero-order chi connectivity index (χ0) is 19.4. The third-order valence-corrected chi connectivity index (χ3v) is 6.45. The van der Waals surface area contributed by atoms with Gasteiger partial charge in [0.15, 0.2) is 0 Å². The number of nitrogens with zero attached hydrogens (tertiary/aromatic N) is 1. The molecule has 7 heteroatoms. The van der Waals surface area contributed by atoms with Crippen LogP contribution in [-0.2, 0) is 10.5 Å². The second kappa shape index (κ2) is 9.00. The predicted molar refractivity (Wildman–Crippen MR) is 110 cm³/mol. The van der Waals surface area contributed by atoms with Gasteiger partial charge >= 0.3 is 0 Å². The van der Waals surface area contributed by atoms with E-state index in [1.165, 1.54) is 0 Å². The second-order valence-corrected chi connectivity index (χ2v) is 8.39. The van der Waals surface area contributed by atoms with Gasteiger partial charge in [-0.1, -0.05) is 35.3 Å². The lowest BCUT2D eigenvalue weighted by molar-refractivity contribution is -0.123. The lowest BCUT2D eigenvalue weighted by atomic mass is 9.96. The van der Waals surface area contributed by atoms with Crippen molar-refractivity contribution in [2.24, 2.45) is 11.7 Å². The quantitative estimate of drug-likeness (QED) is 0.714. The van der Waals surface area contributed by atoms with Gasteiger partial charge in [-0.25, -0.2) is 0 Å². The highest BCUT2D eigenvalue weighted by molar-refractivity contribution is 7.98. The Hall–Kier alpha value is -1.69. The Morgan fingerprint density at radius 2 is 1.85 bits per heavy atom. The lowest BCUT2D eigenvalue weighted by Crippen LogP contribution is -2.41. The van der Waals surface area contributed by atoms with E-state index in [4.69, 9.17) is 28.9 Å². The summed E-state index contributed by atoms with van der Waals surface area (Å²) in [6.45, 7) is 1.12. The van der Waals surface area contributed by atoms with Crippen LogP contribution in [0.2, 0.25) is 10.0 Å². The van der Waals surface area contributed by atoms with Gasteiger partial charge in [0.05, 0.1) is 5.02 Å². The van der Waals surface area contributed by atoms with Crippen molar-refractivity contribution in [1.29, 1.82) is 0 Å². The van der Waals surface area contributed by atoms with Crippen LogP contribution in [0.5, 0.6) is 0 Å². The van der Waals surface area contributed by atoms with Crippen LogP contribution in [0.1, 0.15) is 28.8 Å². The molecule has 1 saturated heterocycles. The maximum atomic E-state index is 12.8. The lowest BCUT2D eigenvalue weighted by Gasteiger charge is -2.30. The Bertz CT molecular complexity index is 852. The van der Waals surface area contributed by atoms with Crippen LogP contribution in [0.15, 0.2) is 47.4 Å². The van der Waals surface area contributed by atoms with Gasteiger partial charge in [0.1, 0.15) is 0 Å². The summed E-state index contributed by atoms with van der Waals surface area (Å²) in [5.41, 5.74) is 7.05. The first-order valence-corrected chi connectivity index (χ1v) is 10.4. The van der Waals surface area contributed by atoms with E-state index in [0.717, 1.165) is 10.5 Å². The summed E-state index contributed by atoms with van der Waals surface area (Å²) in [6.07, 6.45) is 1.26. The fourth-order valence-corrected chi connectivity index (χ4v) is 4.53. The summed E-state index contributed by atoms with van der Waals surface area (Å²) in [7, 11) is 0. The number of thioether (sulfide) groups is 1. The van der Waals surface area contributed by atoms with Crippen molar-refractivity contribution >= 4 is 46.8 Å². The maximum absolute atomic E-state index is 12.8. The first kappa shape index (κ1) is 20.1. The van der Waals surface area contributed by atoms with Crippen LogP contribution in [0.3, 0.4) is 0 Å². The van der Waals surface area contributed by atoms with E-state index >= 15 is 0 Å². The molecule has 0 unspecified atom stereocenters. The van der Waals surface area contributed by atoms with Crippen LogP contribution in [0.4, 0.5) is 0 Å². The van der Waals surface area contributed by atoms with Crippen LogP contribution < -0.4 is 5.73 Å². The molecule has 27 heavy (non-hydrogen) atoms. The molecule has 0 spiro atoms. The second-order valence-electron chi connectivity index (χ2n) is 6.53. The van der Waals surface area contributed by atoms with Crippen LogP contribution in [0.25, 0.3) is 0 Å². The Balaban J connectivity index is 1.64. The highest BCUT2D eigenvalue weighted by Gasteiger charge is 2.26. The molecular weight excluding hydrogens is 403 g/mol. The number of rotatable bonds is 5. The van der Waals surface area contributed by atoms with Gasteiger partial charge in [-0.2, -0.15) is 0 Å². The SMILES string of the molecule is NC(=O)C1CCN(C(=O)c2cccc(CSc3cc(Cl)ccc3Cl)c2)CC1. The molecular formula is C20H20Cl2N2O2S. The predicted octanol–water partition coefficient (Wildman–Crippen LogP) is 4.62. The maximum Gasteiger partial charge on any atom is 0.253 e. The fourth-order valence-electron chi connectivity index (χ4n) is 3.09. The minimum Gasteiger partial charge on any atom is -0.369 e. The summed E-state index contributed by atoms with van der Waals surface area (Å²) in [6, 6.07) is 13.0. The largest absolute Gasteiger partial charge is 0.369 e. The summed E-state index contributed by atoms with van der Waals surface area (Å²) in [5, 5.41) is 1.30. The minimum atomic E-state index is -0.277. The van der Waals surface area contributed by atoms with Crippen molar-refractivity contribution in [3.63, 3.8) is 0 Å². The standard InChI is InChI=1S/C20H20Cl2N2O2S/c21-16-4-5-17(22)18(11-16)27-12-13-2-1-3-15(10-13)20(26)24-8-6-14(7-9-24)19(23)25/h1-5,10-11,14H,6-9,12H2,(H2,23,25). The number of carbonyl (C=O) groups excluding carboxylic acids is 2. The van der Waals surface area contributed by atoms with Crippen LogP contribution >= 0.6 is 35.0 Å². The zero-order valence-electron chi connectivity index (χ0n) is 14.7. The average Bonchev–Trinajstić information content (AvgIpc) is 2.68. The molecule has 1 heterocycles. The molecule has 0 aliphatic carbocycles. The summed E-state index contributed by atoms with van der Waals surface area (Å²) >= 11 is 13.8. The van der Waals surface area contributed by atoms with Gasteiger partial charge in [-0.3, -0.25) is 9.59 Å². The Morgan fingerprint density at radius 3 is 2.56 bits per heavy atom. The number of hydrogen-bond donors (Lipinski definition) is 1. The molecule has 3 rings (SSSR count). The number of amides is 2. The number of nitrogens with two attached hydrogens (primary N) is 1. The van der Waals surface area contributed by atoms with E-state index in [-0.39, 0.29) is 17.7 Å². The molecule has 0 bridgehead atoms. The minimum absolute atomic E-state index is 0.00874. The first-order valence-electron chi connectivity index (χ1n) is 8.69. The molecule has 142 valence electrons. The molecule has 4 nitrogen and oxygen atoms in total. The van der Waals surface area contributed by atoms with Crippen molar-refractivity contribution in [2.75, 3.05) is 13.1 Å². The molecule has 2 aromatic carbocycles. The molecule has 2 aromatic rings. The fraction of sp³-hybridized carbons (Fsp3) is 0.300. The smallest absolute Gasteiger partial charge is 0.253 e. The number of carbonyl (C=O) groups is 2. The van der Waals surface area contributed by atoms with Gasteiger partial charge in [0, 0.05) is 40.2 Å². The number of piperidine rings is 1. The van der Waals surface area contributed by atoms with Gasteiger partial charge in [-0.15, -0.1) is 11.8 Å². The van der Waals surface area contributed by atoms with Gasteiger partial charge < -0.3 is 10.6 Å². The molecule has 0 saturated carbocycles. The molecule has 0 radical (unpaired) electrons. The number of primary amides is 1. The van der Waals surface area contributed by atoms with Crippen molar-refractivity contribution in [2.45, 2.75) is 23.5 Å². The highest BCUT2D eigenvalue weighted by Crippen LogP contribution is 2.32. The van der Waals surface area contributed by atoms with Crippen molar-refractivity contribution < 1.29 is 9.59 Å². The third kappa shape index (κ3) is 5.18. The average molecular weight is 423 g/mol. The Labute approximate surface area is 173 Å². The molecule has 1 aliphatic heterocycles. The Morgan fingerprint density at radius 1 is 1.11 bits per heavy atom. The van der Waals surface area contributed by atoms with E-state index < -0.39 is 0 Å².